The molecule has 1 aliphatic heterocycles. The van der Waals surface area contributed by atoms with Crippen molar-refractivity contribution in [3.63, 3.8) is 0 Å². The highest BCUT2D eigenvalue weighted by Crippen LogP contribution is 2.14. The van der Waals surface area contributed by atoms with Gasteiger partial charge in [-0.1, -0.05) is 6.92 Å². The van der Waals surface area contributed by atoms with Crippen molar-refractivity contribution in [3.05, 3.63) is 0 Å². The van der Waals surface area contributed by atoms with Crippen molar-refractivity contribution < 1.29 is 0 Å². The van der Waals surface area contributed by atoms with Gasteiger partial charge in [-0.2, -0.15) is 5.26 Å². The molecule has 17 heavy (non-hydrogen) atoms. The Morgan fingerprint density at radius 1 is 1.47 bits per heavy atom. The van der Waals surface area contributed by atoms with Crippen LogP contribution < -0.4 is 5.32 Å². The average molecular weight is 238 g/mol. The summed E-state index contributed by atoms with van der Waals surface area (Å²) in [7, 11) is 4.32. The van der Waals surface area contributed by atoms with Crippen LogP contribution in [0, 0.1) is 11.3 Å². The zero-order chi connectivity index (χ0) is 12.7. The molecule has 0 aromatic rings. The molecule has 0 aliphatic carbocycles. The molecule has 0 aromatic carbocycles. The van der Waals surface area contributed by atoms with E-state index in [1.54, 1.807) is 0 Å². The molecule has 0 radical (unpaired) electrons. The molecule has 1 saturated heterocycles. The third kappa shape index (κ3) is 5.03. The molecule has 0 amide bonds. The van der Waals surface area contributed by atoms with E-state index in [0.29, 0.717) is 6.04 Å². The maximum absolute atomic E-state index is 9.09. The maximum atomic E-state index is 9.09. The summed E-state index contributed by atoms with van der Waals surface area (Å²) in [4.78, 5) is 4.73. The van der Waals surface area contributed by atoms with Crippen LogP contribution in [-0.2, 0) is 0 Å². The molecule has 0 bridgehead atoms. The standard InChI is InChI=1S/C13H26N4/c1-4-7-15-12(10-14)11-17(3)13-5-8-16(2)9-6-13/h12-13,15H,4-9,11H2,1-3H3. The number of likely N-dealkylation sites (tertiary alicyclic amines) is 1. The minimum atomic E-state index is -0.0281. The van der Waals surface area contributed by atoms with Gasteiger partial charge in [0.1, 0.15) is 6.04 Å². The fourth-order valence-electron chi connectivity index (χ4n) is 2.34. The van der Waals surface area contributed by atoms with Crippen LogP contribution in [0.3, 0.4) is 0 Å². The number of piperidine rings is 1. The molecule has 1 N–H and O–H groups in total. The largest absolute Gasteiger partial charge is 0.306 e. The van der Waals surface area contributed by atoms with Crippen LogP contribution in [-0.4, -0.2) is 62.2 Å². The fourth-order valence-corrected chi connectivity index (χ4v) is 2.34. The zero-order valence-corrected chi connectivity index (χ0v) is 11.4. The zero-order valence-electron chi connectivity index (χ0n) is 11.4. The number of rotatable bonds is 6. The topological polar surface area (TPSA) is 42.3 Å². The molecule has 98 valence electrons. The van der Waals surface area contributed by atoms with Crippen LogP contribution in [0.5, 0.6) is 0 Å². The lowest BCUT2D eigenvalue weighted by Crippen LogP contribution is -2.47. The highest BCUT2D eigenvalue weighted by atomic mass is 15.2. The summed E-state index contributed by atoms with van der Waals surface area (Å²) >= 11 is 0. The van der Waals surface area contributed by atoms with E-state index in [9.17, 15) is 0 Å². The third-order valence-corrected chi connectivity index (χ3v) is 3.58. The van der Waals surface area contributed by atoms with Crippen molar-refractivity contribution in [1.29, 1.82) is 5.26 Å². The predicted octanol–water partition coefficient (Wildman–Crippen LogP) is 0.904. The first-order valence-corrected chi connectivity index (χ1v) is 6.69. The molecule has 0 spiro atoms. The van der Waals surface area contributed by atoms with Crippen molar-refractivity contribution in [2.24, 2.45) is 0 Å². The summed E-state index contributed by atoms with van der Waals surface area (Å²) in [5.41, 5.74) is 0. The van der Waals surface area contributed by atoms with Crippen LogP contribution in [0.15, 0.2) is 0 Å². The molecule has 0 saturated carbocycles. The van der Waals surface area contributed by atoms with Gasteiger partial charge in [0.05, 0.1) is 6.07 Å². The molecular weight excluding hydrogens is 212 g/mol. The first-order valence-electron chi connectivity index (χ1n) is 6.69. The van der Waals surface area contributed by atoms with Crippen molar-refractivity contribution in [2.75, 3.05) is 40.3 Å². The SMILES string of the molecule is CCCNC(C#N)CN(C)C1CCN(C)CC1. The summed E-state index contributed by atoms with van der Waals surface area (Å²) in [6, 6.07) is 2.97. The van der Waals surface area contributed by atoms with Crippen molar-refractivity contribution in [3.8, 4) is 6.07 Å². The van der Waals surface area contributed by atoms with Crippen LogP contribution in [0.2, 0.25) is 0 Å². The molecule has 0 aromatic heterocycles. The van der Waals surface area contributed by atoms with Gasteiger partial charge >= 0.3 is 0 Å². The summed E-state index contributed by atoms with van der Waals surface area (Å²) in [5, 5.41) is 12.4. The molecule has 4 heteroatoms. The van der Waals surface area contributed by atoms with E-state index in [2.05, 4.69) is 42.2 Å². The molecular formula is C13H26N4. The Hall–Kier alpha value is -0.630. The first-order chi connectivity index (χ1) is 8.17. The van der Waals surface area contributed by atoms with Gasteiger partial charge in [-0.25, -0.2) is 0 Å². The minimum Gasteiger partial charge on any atom is -0.306 e. The molecule has 4 nitrogen and oxygen atoms in total. The van der Waals surface area contributed by atoms with Crippen LogP contribution in [0.25, 0.3) is 0 Å². The lowest BCUT2D eigenvalue weighted by molar-refractivity contribution is 0.140. The van der Waals surface area contributed by atoms with Gasteiger partial charge in [0.2, 0.25) is 0 Å². The van der Waals surface area contributed by atoms with Crippen molar-refractivity contribution >= 4 is 0 Å². The maximum Gasteiger partial charge on any atom is 0.108 e. The Labute approximate surface area is 106 Å². The van der Waals surface area contributed by atoms with E-state index in [4.69, 9.17) is 5.26 Å². The van der Waals surface area contributed by atoms with Gasteiger partial charge < -0.3 is 15.1 Å². The molecule has 1 heterocycles. The minimum absolute atomic E-state index is 0.0281. The number of nitriles is 1. The van der Waals surface area contributed by atoms with E-state index in [-0.39, 0.29) is 6.04 Å². The van der Waals surface area contributed by atoms with Gasteiger partial charge in [-0.15, -0.1) is 0 Å². The van der Waals surface area contributed by atoms with Crippen molar-refractivity contribution in [1.82, 2.24) is 15.1 Å². The summed E-state index contributed by atoms with van der Waals surface area (Å²) in [6.45, 7) is 6.25. The molecule has 1 aliphatic rings. The van der Waals surface area contributed by atoms with Gasteiger partial charge in [0.25, 0.3) is 0 Å². The molecule has 1 rings (SSSR count). The second kappa shape index (κ2) is 7.65. The third-order valence-electron chi connectivity index (χ3n) is 3.58. The lowest BCUT2D eigenvalue weighted by Gasteiger charge is -2.35. The monoisotopic (exact) mass is 238 g/mol. The second-order valence-corrected chi connectivity index (χ2v) is 5.11. The van der Waals surface area contributed by atoms with Gasteiger partial charge in [-0.05, 0) is 53.0 Å². The van der Waals surface area contributed by atoms with Crippen LogP contribution in [0.1, 0.15) is 26.2 Å². The molecule has 1 fully saturated rings. The highest BCUT2D eigenvalue weighted by molar-refractivity contribution is 4.93. The van der Waals surface area contributed by atoms with E-state index in [0.717, 1.165) is 19.5 Å². The summed E-state index contributed by atoms with van der Waals surface area (Å²) < 4.78 is 0. The van der Waals surface area contributed by atoms with Crippen LogP contribution >= 0.6 is 0 Å². The van der Waals surface area contributed by atoms with E-state index in [1.165, 1.54) is 25.9 Å². The van der Waals surface area contributed by atoms with E-state index < -0.39 is 0 Å². The van der Waals surface area contributed by atoms with E-state index in [1.807, 2.05) is 0 Å². The number of hydrogen-bond acceptors (Lipinski definition) is 4. The Morgan fingerprint density at radius 3 is 2.65 bits per heavy atom. The number of nitrogens with one attached hydrogen (secondary N) is 1. The quantitative estimate of drug-likeness (QED) is 0.747. The highest BCUT2D eigenvalue weighted by Gasteiger charge is 2.22. The Kier molecular flexibility index (Phi) is 6.49. The van der Waals surface area contributed by atoms with Crippen LogP contribution in [0.4, 0.5) is 0 Å². The van der Waals surface area contributed by atoms with Gasteiger partial charge in [0, 0.05) is 12.6 Å². The number of nitrogens with zero attached hydrogens (tertiary/aromatic N) is 3. The lowest BCUT2D eigenvalue weighted by atomic mass is 10.0. The summed E-state index contributed by atoms with van der Waals surface area (Å²) in [5.74, 6) is 0. The normalized spacial score (nSPS) is 20.4. The van der Waals surface area contributed by atoms with Gasteiger partial charge in [-0.3, -0.25) is 0 Å². The van der Waals surface area contributed by atoms with Gasteiger partial charge in [0.15, 0.2) is 0 Å². The summed E-state index contributed by atoms with van der Waals surface area (Å²) in [6.07, 6.45) is 3.52. The Morgan fingerprint density at radius 2 is 2.12 bits per heavy atom. The molecule has 1 unspecified atom stereocenters. The second-order valence-electron chi connectivity index (χ2n) is 5.11. The van der Waals surface area contributed by atoms with Crippen molar-refractivity contribution in [2.45, 2.75) is 38.3 Å². The Balaban J connectivity index is 2.31. The number of likely N-dealkylation sites (N-methyl/N-ethyl adjacent to an activating group) is 1. The van der Waals surface area contributed by atoms with E-state index >= 15 is 0 Å². The number of hydrogen-bond donors (Lipinski definition) is 1. The smallest absolute Gasteiger partial charge is 0.108 e. The predicted molar refractivity (Wildman–Crippen MR) is 70.8 cm³/mol. The average Bonchev–Trinajstić information content (AvgIpc) is 2.35. The molecule has 1 atom stereocenters. The fraction of sp³-hybridized carbons (Fsp3) is 0.923. The Bertz CT molecular complexity index is 240. The first kappa shape index (κ1) is 14.4.